The summed E-state index contributed by atoms with van der Waals surface area (Å²) in [6.07, 6.45) is -27.8. The van der Waals surface area contributed by atoms with Gasteiger partial charge in [-0.1, -0.05) is 0 Å². The molecule has 0 spiro atoms. The monoisotopic (exact) mass is 525 g/mol. The van der Waals surface area contributed by atoms with E-state index in [1.54, 1.807) is 0 Å². The van der Waals surface area contributed by atoms with Crippen molar-refractivity contribution >= 4 is 17.9 Å². The fourth-order valence-electron chi connectivity index (χ4n) is 3.67. The third kappa shape index (κ3) is 5.43. The first-order chi connectivity index (χ1) is 16.7. The maximum atomic E-state index is 11.7. The van der Waals surface area contributed by atoms with Crippen LogP contribution in [0.15, 0.2) is 11.8 Å². The molecule has 3 rings (SSSR count). The summed E-state index contributed by atoms with van der Waals surface area (Å²) in [7, 11) is 0. The number of carbonyl (C=O) groups excluding carboxylic acids is 3. The summed E-state index contributed by atoms with van der Waals surface area (Å²) in [5, 5.41) is 104. The van der Waals surface area contributed by atoms with Gasteiger partial charge in [0.05, 0.1) is 11.9 Å². The zero-order valence-electron chi connectivity index (χ0n) is 17.7. The Bertz CT molecular complexity index is 876. The third-order valence-corrected chi connectivity index (χ3v) is 5.55. The minimum atomic E-state index is -2.38. The molecule has 2 saturated heterocycles. The fraction of sp³-hybridized carbons (Fsp3) is 0.722. The Hall–Kier alpha value is -2.49. The lowest BCUT2D eigenvalue weighted by atomic mass is 9.96. The van der Waals surface area contributed by atoms with Gasteiger partial charge < -0.3 is 89.1 Å². The second kappa shape index (κ2) is 10.9. The Morgan fingerprint density at radius 2 is 1.19 bits per heavy atom. The molecular formula is C18H21O18-3. The topological polar surface area (TPSA) is 308 Å². The first-order valence-corrected chi connectivity index (χ1v) is 10.1. The van der Waals surface area contributed by atoms with Crippen LogP contribution < -0.4 is 15.3 Å². The Morgan fingerprint density at radius 3 is 1.72 bits per heavy atom. The summed E-state index contributed by atoms with van der Waals surface area (Å²) in [4.78, 5) is 34.0. The minimum absolute atomic E-state index is 0.555. The van der Waals surface area contributed by atoms with Crippen LogP contribution in [0.5, 0.6) is 0 Å². The van der Waals surface area contributed by atoms with E-state index < -0.39 is 104 Å². The molecule has 0 aromatic carbocycles. The van der Waals surface area contributed by atoms with E-state index in [4.69, 9.17) is 18.9 Å². The first kappa shape index (κ1) is 28.1. The molecule has 204 valence electrons. The highest BCUT2D eigenvalue weighted by atomic mass is 16.8. The maximum Gasteiger partial charge on any atom is 0.229 e. The van der Waals surface area contributed by atoms with E-state index in [9.17, 15) is 65.4 Å². The van der Waals surface area contributed by atoms with Crippen molar-refractivity contribution in [3.8, 4) is 0 Å². The van der Waals surface area contributed by atoms with Gasteiger partial charge in [0.1, 0.15) is 72.8 Å². The average Bonchev–Trinajstić information content (AvgIpc) is 2.80. The zero-order valence-corrected chi connectivity index (χ0v) is 17.7. The Kier molecular flexibility index (Phi) is 8.48. The number of hydrogen-bond donors (Lipinski definition) is 7. The van der Waals surface area contributed by atoms with Crippen molar-refractivity contribution in [3.05, 3.63) is 11.8 Å². The summed E-state index contributed by atoms with van der Waals surface area (Å²) < 4.78 is 24.5. The molecule has 0 bridgehead atoms. The minimum Gasteiger partial charge on any atom is -0.547 e. The van der Waals surface area contributed by atoms with Crippen molar-refractivity contribution in [1.82, 2.24) is 0 Å². The van der Waals surface area contributed by atoms with Gasteiger partial charge in [-0.3, -0.25) is 0 Å². The first-order valence-electron chi connectivity index (χ1n) is 10.1. The van der Waals surface area contributed by atoms with Gasteiger partial charge in [-0.2, -0.15) is 0 Å². The normalized spacial score (nSPS) is 45.3. The van der Waals surface area contributed by atoms with Crippen LogP contribution in [0.25, 0.3) is 0 Å². The molecule has 0 aromatic heterocycles. The number of carboxylic acid groups (broad SMARTS) is 3. The highest BCUT2D eigenvalue weighted by Gasteiger charge is 2.53. The number of carboxylic acids is 3. The van der Waals surface area contributed by atoms with Crippen molar-refractivity contribution < 1.29 is 89.1 Å². The van der Waals surface area contributed by atoms with E-state index >= 15 is 0 Å². The van der Waals surface area contributed by atoms with E-state index in [0.29, 0.717) is 6.08 Å². The predicted octanol–water partition coefficient (Wildman–Crippen LogP) is -10.1. The second-order valence-corrected chi connectivity index (χ2v) is 7.96. The second-order valence-electron chi connectivity index (χ2n) is 7.96. The fourth-order valence-corrected chi connectivity index (χ4v) is 3.67. The van der Waals surface area contributed by atoms with Crippen molar-refractivity contribution in [2.24, 2.45) is 0 Å². The van der Waals surface area contributed by atoms with Gasteiger partial charge in [-0.05, 0) is 6.08 Å². The number of aliphatic carboxylic acids is 3. The molecule has 0 aromatic rings. The highest BCUT2D eigenvalue weighted by Crippen LogP contribution is 2.31. The quantitative estimate of drug-likeness (QED) is 0.162. The van der Waals surface area contributed by atoms with E-state index in [1.807, 2.05) is 0 Å². The molecule has 3 aliphatic rings. The maximum absolute atomic E-state index is 11.7. The van der Waals surface area contributed by atoms with Crippen LogP contribution in [-0.4, -0.2) is 134 Å². The molecule has 3 heterocycles. The van der Waals surface area contributed by atoms with Gasteiger partial charge in [0, 0.05) is 0 Å². The molecule has 2 fully saturated rings. The van der Waals surface area contributed by atoms with Crippen molar-refractivity contribution in [2.45, 2.75) is 79.9 Å². The highest BCUT2D eigenvalue weighted by molar-refractivity contribution is 5.82. The van der Waals surface area contributed by atoms with Crippen LogP contribution in [0.4, 0.5) is 0 Å². The van der Waals surface area contributed by atoms with Crippen LogP contribution in [-0.2, 0) is 38.1 Å². The summed E-state index contributed by atoms with van der Waals surface area (Å²) in [6.45, 7) is 0. The van der Waals surface area contributed by atoms with Gasteiger partial charge in [-0.25, -0.2) is 0 Å². The molecule has 13 atom stereocenters. The molecule has 36 heavy (non-hydrogen) atoms. The lowest BCUT2D eigenvalue weighted by Crippen LogP contribution is -2.68. The molecule has 0 aliphatic carbocycles. The van der Waals surface area contributed by atoms with Gasteiger partial charge in [-0.15, -0.1) is 0 Å². The van der Waals surface area contributed by atoms with E-state index in [-0.39, 0.29) is 0 Å². The van der Waals surface area contributed by atoms with Crippen LogP contribution in [0, 0.1) is 0 Å². The molecule has 0 unspecified atom stereocenters. The lowest BCUT2D eigenvalue weighted by Gasteiger charge is -2.47. The van der Waals surface area contributed by atoms with Crippen LogP contribution in [0.2, 0.25) is 0 Å². The molecule has 18 nitrogen and oxygen atoms in total. The molecular weight excluding hydrogens is 504 g/mol. The van der Waals surface area contributed by atoms with Gasteiger partial charge in [0.2, 0.25) is 6.29 Å². The van der Waals surface area contributed by atoms with Gasteiger partial charge >= 0.3 is 0 Å². The lowest BCUT2D eigenvalue weighted by molar-refractivity contribution is -0.387. The van der Waals surface area contributed by atoms with Crippen LogP contribution in [0.3, 0.4) is 0 Å². The largest absolute Gasteiger partial charge is 0.547 e. The summed E-state index contributed by atoms with van der Waals surface area (Å²) in [5.74, 6) is -7.11. The molecule has 3 aliphatic heterocycles. The Morgan fingerprint density at radius 1 is 0.694 bits per heavy atom. The standard InChI is InChI=1S/C18H24O18/c19-2-1-3(13(25)26)32-17(4(2)20)34-10-6(22)8(24)18(36-12(10)15(29)30)35-9-5(21)7(23)16(31)33-11(9)14(27)28/h1-2,4-12,16-24,31H,(H,25,26)(H,27,28)(H,29,30)/p-3/t2-,4+,5+,6+,7+,8+,9+,10+,11-,12-,16-,17+,18-/m0/s1. The van der Waals surface area contributed by atoms with Crippen molar-refractivity contribution in [3.63, 3.8) is 0 Å². The molecule has 0 radical (unpaired) electrons. The number of hydrogen-bond acceptors (Lipinski definition) is 18. The number of carbonyl (C=O) groups is 3. The molecule has 18 heteroatoms. The summed E-state index contributed by atoms with van der Waals surface area (Å²) in [6, 6.07) is 0. The van der Waals surface area contributed by atoms with Gasteiger partial charge in [0.15, 0.2) is 12.6 Å². The van der Waals surface area contributed by atoms with Gasteiger partial charge in [0.25, 0.3) is 0 Å². The SMILES string of the molecule is O=C([O-])C1=C[C@H](O)[C@@H](O)[C@@H](O[C@@H]2[C@H](O)[C@@H](O)[C@@H](O[C@@H]3[C@H](O)[C@@H](O)[C@@H](O)O[C@@H]3C(=O)[O-])O[C@@H]2C(=O)[O-])O1. The Balaban J connectivity index is 1.81. The average molecular weight is 525 g/mol. The molecule has 0 saturated carbocycles. The smallest absolute Gasteiger partial charge is 0.229 e. The van der Waals surface area contributed by atoms with Crippen LogP contribution in [0.1, 0.15) is 0 Å². The number of rotatable bonds is 7. The Labute approximate surface area is 199 Å². The number of ether oxygens (including phenoxy) is 5. The molecule has 7 N–H and O–H groups in total. The van der Waals surface area contributed by atoms with E-state index in [0.717, 1.165) is 0 Å². The molecule has 0 amide bonds. The predicted molar refractivity (Wildman–Crippen MR) is 93.3 cm³/mol. The summed E-state index contributed by atoms with van der Waals surface area (Å²) >= 11 is 0. The van der Waals surface area contributed by atoms with Crippen LogP contribution >= 0.6 is 0 Å². The number of aliphatic hydroxyl groups is 7. The number of aliphatic hydroxyl groups excluding tert-OH is 7. The van der Waals surface area contributed by atoms with E-state index in [2.05, 4.69) is 4.74 Å². The third-order valence-electron chi connectivity index (χ3n) is 5.55. The zero-order chi connectivity index (χ0) is 27.1. The summed E-state index contributed by atoms with van der Waals surface area (Å²) in [5.41, 5.74) is 0. The van der Waals surface area contributed by atoms with E-state index in [1.165, 1.54) is 0 Å². The van der Waals surface area contributed by atoms with Crippen molar-refractivity contribution in [1.29, 1.82) is 0 Å². The van der Waals surface area contributed by atoms with Crippen molar-refractivity contribution in [2.75, 3.05) is 0 Å².